The predicted octanol–water partition coefficient (Wildman–Crippen LogP) is 4.83. The highest BCUT2D eigenvalue weighted by atomic mass is 16.8. The largest absolute Gasteiger partial charge is 0.494 e. The van der Waals surface area contributed by atoms with Crippen molar-refractivity contribution in [2.75, 3.05) is 13.2 Å². The molecule has 0 saturated carbocycles. The molecule has 3 aromatic rings. The molecule has 0 aliphatic carbocycles. The average Bonchev–Trinajstić information content (AvgIpc) is 3.25. The van der Waals surface area contributed by atoms with E-state index in [0.717, 1.165) is 42.3 Å². The molecule has 0 bridgehead atoms. The summed E-state index contributed by atoms with van der Waals surface area (Å²) in [6, 6.07) is 22.5. The monoisotopic (exact) mass is 431 g/mol. The molecule has 0 aromatic heterocycles. The van der Waals surface area contributed by atoms with Crippen molar-refractivity contribution in [2.24, 2.45) is 0 Å². The molecule has 0 spiro atoms. The fourth-order valence-electron chi connectivity index (χ4n) is 4.95. The maximum absolute atomic E-state index is 11.0. The van der Waals surface area contributed by atoms with E-state index in [1.165, 1.54) is 5.56 Å². The molecular weight excluding hydrogens is 402 g/mol. The first-order valence-corrected chi connectivity index (χ1v) is 11.3. The summed E-state index contributed by atoms with van der Waals surface area (Å²) >= 11 is 0. The Balaban J connectivity index is 1.27. The molecule has 0 N–H and O–H groups in total. The van der Waals surface area contributed by atoms with Gasteiger partial charge < -0.3 is 14.2 Å². The van der Waals surface area contributed by atoms with Crippen molar-refractivity contribution in [1.29, 1.82) is 0 Å². The minimum Gasteiger partial charge on any atom is -0.494 e. The Hall–Kier alpha value is -2.73. The first-order valence-electron chi connectivity index (χ1n) is 11.3. The van der Waals surface area contributed by atoms with E-state index in [1.807, 2.05) is 56.3 Å². The Labute approximate surface area is 188 Å². The lowest BCUT2D eigenvalue weighted by atomic mass is 10.1. The van der Waals surface area contributed by atoms with Crippen molar-refractivity contribution in [2.45, 2.75) is 50.8 Å². The molecule has 32 heavy (non-hydrogen) atoms. The number of nitrogens with zero attached hydrogens (tertiary/aromatic N) is 1. The Morgan fingerprint density at radius 1 is 1.03 bits per heavy atom. The highest BCUT2D eigenvalue weighted by Crippen LogP contribution is 2.38. The summed E-state index contributed by atoms with van der Waals surface area (Å²) in [5.41, 5.74) is 1.98. The third-order valence-electron chi connectivity index (χ3n) is 6.37. The number of ether oxygens (including phenoxy) is 3. The summed E-state index contributed by atoms with van der Waals surface area (Å²) in [5.74, 6) is 0.302. The molecule has 5 nitrogen and oxygen atoms in total. The minimum atomic E-state index is -0.536. The Morgan fingerprint density at radius 2 is 1.81 bits per heavy atom. The number of hydrogen-bond acceptors (Lipinski definition) is 5. The van der Waals surface area contributed by atoms with Crippen LogP contribution in [0.15, 0.2) is 66.7 Å². The van der Waals surface area contributed by atoms with Crippen LogP contribution in [-0.4, -0.2) is 48.4 Å². The first kappa shape index (κ1) is 21.1. The SMILES string of the molecule is CC1(C)O[C@@H]2[C@@H](CN(Cc3ccccc3)[C@H]2CCOc2ccc3cc(C=O)ccc3c2)O1. The van der Waals surface area contributed by atoms with Crippen LogP contribution >= 0.6 is 0 Å². The number of fused-ring (bicyclic) bond motifs is 2. The van der Waals surface area contributed by atoms with Gasteiger partial charge in [0.05, 0.1) is 6.61 Å². The quantitative estimate of drug-likeness (QED) is 0.502. The number of benzene rings is 3. The third kappa shape index (κ3) is 4.42. The van der Waals surface area contributed by atoms with E-state index in [2.05, 4.69) is 29.2 Å². The lowest BCUT2D eigenvalue weighted by Crippen LogP contribution is -2.39. The lowest BCUT2D eigenvalue weighted by Gasteiger charge is -2.30. The second-order valence-corrected chi connectivity index (χ2v) is 9.14. The molecule has 2 heterocycles. The Bertz CT molecular complexity index is 1100. The number of likely N-dealkylation sites (tertiary alicyclic amines) is 1. The molecule has 2 saturated heterocycles. The number of rotatable bonds is 7. The van der Waals surface area contributed by atoms with Crippen LogP contribution in [0.1, 0.15) is 36.2 Å². The number of carbonyl (C=O) groups excluding carboxylic acids is 1. The van der Waals surface area contributed by atoms with Crippen LogP contribution in [-0.2, 0) is 16.0 Å². The maximum Gasteiger partial charge on any atom is 0.163 e. The van der Waals surface area contributed by atoms with Gasteiger partial charge in [0.25, 0.3) is 0 Å². The Morgan fingerprint density at radius 3 is 2.62 bits per heavy atom. The second-order valence-electron chi connectivity index (χ2n) is 9.14. The number of hydrogen-bond donors (Lipinski definition) is 0. The van der Waals surface area contributed by atoms with Crippen molar-refractivity contribution in [3.63, 3.8) is 0 Å². The zero-order valence-electron chi connectivity index (χ0n) is 18.6. The molecule has 0 radical (unpaired) electrons. The van der Waals surface area contributed by atoms with E-state index >= 15 is 0 Å². The highest BCUT2D eigenvalue weighted by Gasteiger charge is 2.52. The smallest absolute Gasteiger partial charge is 0.163 e. The van der Waals surface area contributed by atoms with E-state index in [4.69, 9.17) is 14.2 Å². The molecule has 3 aromatic carbocycles. The summed E-state index contributed by atoms with van der Waals surface area (Å²) in [4.78, 5) is 13.5. The van der Waals surface area contributed by atoms with Crippen LogP contribution in [0.25, 0.3) is 10.8 Å². The third-order valence-corrected chi connectivity index (χ3v) is 6.37. The van der Waals surface area contributed by atoms with Gasteiger partial charge in [0.1, 0.15) is 24.2 Å². The van der Waals surface area contributed by atoms with E-state index in [9.17, 15) is 4.79 Å². The normalized spacial score (nSPS) is 24.5. The van der Waals surface area contributed by atoms with Gasteiger partial charge in [0, 0.05) is 24.7 Å². The van der Waals surface area contributed by atoms with Crippen molar-refractivity contribution in [3.05, 3.63) is 77.9 Å². The molecule has 5 heteroatoms. The first-order chi connectivity index (χ1) is 15.5. The van der Waals surface area contributed by atoms with Crippen LogP contribution in [0.2, 0.25) is 0 Å². The molecule has 166 valence electrons. The van der Waals surface area contributed by atoms with Crippen molar-refractivity contribution in [3.8, 4) is 5.75 Å². The van der Waals surface area contributed by atoms with E-state index in [0.29, 0.717) is 12.2 Å². The lowest BCUT2D eigenvalue weighted by molar-refractivity contribution is -0.162. The fraction of sp³-hybridized carbons (Fsp3) is 0.370. The van der Waals surface area contributed by atoms with Crippen molar-refractivity contribution < 1.29 is 19.0 Å². The molecule has 3 atom stereocenters. The summed E-state index contributed by atoms with van der Waals surface area (Å²) in [5, 5.41) is 2.10. The predicted molar refractivity (Wildman–Crippen MR) is 124 cm³/mol. The number of carbonyl (C=O) groups is 1. The standard InChI is InChI=1S/C27H29NO4/c1-27(2)31-25-17-28(16-19-6-4-3-5-7-19)24(26(25)32-27)12-13-30-23-11-10-21-14-20(18-29)8-9-22(21)15-23/h3-11,14-15,18,24-26H,12-13,16-17H2,1-2H3/t24-,25+,26-/m0/s1. The summed E-state index contributed by atoms with van der Waals surface area (Å²) in [7, 11) is 0. The number of aldehydes is 1. The zero-order valence-corrected chi connectivity index (χ0v) is 18.6. The van der Waals surface area contributed by atoms with Gasteiger partial charge in [-0.15, -0.1) is 0 Å². The average molecular weight is 432 g/mol. The van der Waals surface area contributed by atoms with Gasteiger partial charge in [-0.25, -0.2) is 0 Å². The molecule has 2 aliphatic heterocycles. The zero-order chi connectivity index (χ0) is 22.1. The van der Waals surface area contributed by atoms with Crippen molar-refractivity contribution in [1.82, 2.24) is 4.90 Å². The second kappa shape index (κ2) is 8.66. The van der Waals surface area contributed by atoms with Crippen LogP contribution in [0.3, 0.4) is 0 Å². The summed E-state index contributed by atoms with van der Waals surface area (Å²) in [6.45, 7) is 6.32. The van der Waals surface area contributed by atoms with E-state index in [-0.39, 0.29) is 18.2 Å². The van der Waals surface area contributed by atoms with E-state index in [1.54, 1.807) is 0 Å². The van der Waals surface area contributed by atoms with Gasteiger partial charge in [-0.3, -0.25) is 9.69 Å². The van der Waals surface area contributed by atoms with Crippen molar-refractivity contribution >= 4 is 17.1 Å². The maximum atomic E-state index is 11.0. The highest BCUT2D eigenvalue weighted by molar-refractivity contribution is 5.89. The molecule has 0 unspecified atom stereocenters. The Kier molecular flexibility index (Phi) is 5.72. The fourth-order valence-corrected chi connectivity index (χ4v) is 4.95. The summed E-state index contributed by atoms with van der Waals surface area (Å²) in [6.07, 6.45) is 1.87. The van der Waals surface area contributed by atoms with Gasteiger partial charge in [-0.2, -0.15) is 0 Å². The molecule has 2 fully saturated rings. The van der Waals surface area contributed by atoms with Crippen LogP contribution in [0, 0.1) is 0 Å². The van der Waals surface area contributed by atoms with E-state index < -0.39 is 5.79 Å². The molecular formula is C27H29NO4. The molecule has 0 amide bonds. The van der Waals surface area contributed by atoms with Crippen LogP contribution < -0.4 is 4.74 Å². The van der Waals surface area contributed by atoms with Gasteiger partial charge in [0.15, 0.2) is 5.79 Å². The van der Waals surface area contributed by atoms with Gasteiger partial charge in [-0.05, 0) is 54.8 Å². The van der Waals surface area contributed by atoms with Gasteiger partial charge in [-0.1, -0.05) is 48.5 Å². The van der Waals surface area contributed by atoms with Gasteiger partial charge in [0.2, 0.25) is 0 Å². The van der Waals surface area contributed by atoms with Crippen LogP contribution in [0.5, 0.6) is 5.75 Å². The molecule has 5 rings (SSSR count). The minimum absolute atomic E-state index is 0.0516. The van der Waals surface area contributed by atoms with Crippen LogP contribution in [0.4, 0.5) is 0 Å². The molecule has 2 aliphatic rings. The summed E-state index contributed by atoms with van der Waals surface area (Å²) < 4.78 is 18.6. The van der Waals surface area contributed by atoms with Gasteiger partial charge >= 0.3 is 0 Å². The topological polar surface area (TPSA) is 48.0 Å².